The first-order valence-corrected chi connectivity index (χ1v) is 10.1. The lowest BCUT2D eigenvalue weighted by atomic mass is 10.1. The maximum Gasteiger partial charge on any atom is 0.326 e. The number of likely N-dealkylation sites (tertiary alicyclic amines) is 1. The Labute approximate surface area is 170 Å². The molecular weight excluding hydrogens is 386 g/mol. The highest BCUT2D eigenvalue weighted by atomic mass is 32.1. The van der Waals surface area contributed by atoms with Gasteiger partial charge in [-0.1, -0.05) is 0 Å². The Morgan fingerprint density at radius 1 is 1.25 bits per heavy atom. The highest BCUT2D eigenvalue weighted by Gasteiger charge is 2.37. The van der Waals surface area contributed by atoms with Gasteiger partial charge in [0.05, 0.1) is 6.04 Å². The smallest absolute Gasteiger partial charge is 0.326 e. The number of nitrogens with one attached hydrogen (secondary N) is 2. The first-order chi connectivity index (χ1) is 13.2. The number of unbranched alkanes of at least 4 members (excludes halogenated alkanes) is 1. The SMILES string of the molecule is CC(NC(=O)C(N)CS)C(=O)N1CCCC1C(=O)NC(CCCCN)C(=O)O. The van der Waals surface area contributed by atoms with Crippen molar-refractivity contribution in [2.45, 2.75) is 63.2 Å². The molecule has 4 unspecified atom stereocenters. The van der Waals surface area contributed by atoms with E-state index < -0.39 is 47.9 Å². The predicted octanol–water partition coefficient (Wildman–Crippen LogP) is -1.56. The monoisotopic (exact) mass is 417 g/mol. The van der Waals surface area contributed by atoms with Crippen LogP contribution in [0.5, 0.6) is 0 Å². The van der Waals surface area contributed by atoms with Crippen LogP contribution < -0.4 is 22.1 Å². The Balaban J connectivity index is 2.71. The zero-order chi connectivity index (χ0) is 21.3. The van der Waals surface area contributed by atoms with E-state index in [0.29, 0.717) is 38.8 Å². The van der Waals surface area contributed by atoms with E-state index in [9.17, 15) is 24.3 Å². The van der Waals surface area contributed by atoms with Crippen LogP contribution in [0.4, 0.5) is 0 Å². The molecule has 0 saturated carbocycles. The zero-order valence-electron chi connectivity index (χ0n) is 16.1. The van der Waals surface area contributed by atoms with Gasteiger partial charge in [0.1, 0.15) is 18.1 Å². The lowest BCUT2D eigenvalue weighted by Gasteiger charge is -2.28. The largest absolute Gasteiger partial charge is 0.480 e. The van der Waals surface area contributed by atoms with Crippen molar-refractivity contribution in [3.05, 3.63) is 0 Å². The molecule has 1 aliphatic rings. The minimum atomic E-state index is -1.12. The summed E-state index contributed by atoms with van der Waals surface area (Å²) in [6.45, 7) is 2.33. The number of carboxylic acids is 1. The zero-order valence-corrected chi connectivity index (χ0v) is 17.0. The Morgan fingerprint density at radius 3 is 2.50 bits per heavy atom. The van der Waals surface area contributed by atoms with Crippen LogP contribution in [0.1, 0.15) is 39.0 Å². The van der Waals surface area contributed by atoms with E-state index >= 15 is 0 Å². The van der Waals surface area contributed by atoms with Crippen molar-refractivity contribution in [3.8, 4) is 0 Å². The first-order valence-electron chi connectivity index (χ1n) is 9.43. The first kappa shape index (κ1) is 24.2. The number of hydrogen-bond acceptors (Lipinski definition) is 7. The maximum absolute atomic E-state index is 12.7. The summed E-state index contributed by atoms with van der Waals surface area (Å²) in [5, 5.41) is 14.3. The van der Waals surface area contributed by atoms with Crippen molar-refractivity contribution in [1.29, 1.82) is 0 Å². The summed E-state index contributed by atoms with van der Waals surface area (Å²) < 4.78 is 0. The maximum atomic E-state index is 12.7. The molecule has 0 bridgehead atoms. The lowest BCUT2D eigenvalue weighted by Crippen LogP contribution is -2.56. The van der Waals surface area contributed by atoms with Crippen LogP contribution in [0, 0.1) is 0 Å². The average Bonchev–Trinajstić information content (AvgIpc) is 3.15. The van der Waals surface area contributed by atoms with Gasteiger partial charge in [-0.25, -0.2) is 4.79 Å². The molecule has 0 spiro atoms. The van der Waals surface area contributed by atoms with Gasteiger partial charge in [-0.15, -0.1) is 0 Å². The van der Waals surface area contributed by atoms with Crippen molar-refractivity contribution < 1.29 is 24.3 Å². The van der Waals surface area contributed by atoms with Gasteiger partial charge in [0.2, 0.25) is 17.7 Å². The summed E-state index contributed by atoms with van der Waals surface area (Å²) in [7, 11) is 0. The fraction of sp³-hybridized carbons (Fsp3) is 0.765. The van der Waals surface area contributed by atoms with E-state index in [1.54, 1.807) is 0 Å². The van der Waals surface area contributed by atoms with Crippen molar-refractivity contribution in [3.63, 3.8) is 0 Å². The van der Waals surface area contributed by atoms with Crippen LogP contribution in [-0.2, 0) is 19.2 Å². The van der Waals surface area contributed by atoms with Crippen molar-refractivity contribution in [2.24, 2.45) is 11.5 Å². The van der Waals surface area contributed by atoms with E-state index in [1.165, 1.54) is 11.8 Å². The fourth-order valence-electron chi connectivity index (χ4n) is 3.03. The van der Waals surface area contributed by atoms with Gasteiger partial charge in [0.15, 0.2) is 0 Å². The second kappa shape index (κ2) is 11.9. The van der Waals surface area contributed by atoms with Gasteiger partial charge in [-0.2, -0.15) is 12.6 Å². The van der Waals surface area contributed by atoms with Gasteiger partial charge in [-0.05, 0) is 45.6 Å². The van der Waals surface area contributed by atoms with Gasteiger partial charge in [0.25, 0.3) is 0 Å². The molecule has 160 valence electrons. The van der Waals surface area contributed by atoms with Gasteiger partial charge < -0.3 is 32.1 Å². The van der Waals surface area contributed by atoms with Gasteiger partial charge >= 0.3 is 5.97 Å². The molecule has 0 aromatic heterocycles. The number of rotatable bonds is 11. The number of thiol groups is 1. The number of nitrogens with zero attached hydrogens (tertiary/aromatic N) is 1. The minimum Gasteiger partial charge on any atom is -0.480 e. The molecular formula is C17H31N5O5S. The van der Waals surface area contributed by atoms with Crippen LogP contribution >= 0.6 is 12.6 Å². The lowest BCUT2D eigenvalue weighted by molar-refractivity contribution is -0.144. The Hall–Kier alpha value is -1.85. The second-order valence-corrected chi connectivity index (χ2v) is 7.26. The predicted molar refractivity (Wildman–Crippen MR) is 107 cm³/mol. The van der Waals surface area contributed by atoms with Gasteiger partial charge in [-0.3, -0.25) is 14.4 Å². The van der Waals surface area contributed by atoms with Crippen LogP contribution in [0.2, 0.25) is 0 Å². The highest BCUT2D eigenvalue weighted by molar-refractivity contribution is 7.80. The van der Waals surface area contributed by atoms with Crippen molar-refractivity contribution >= 4 is 36.3 Å². The third-order valence-electron chi connectivity index (χ3n) is 4.66. The molecule has 4 atom stereocenters. The topological polar surface area (TPSA) is 168 Å². The minimum absolute atomic E-state index is 0.141. The summed E-state index contributed by atoms with van der Waals surface area (Å²) in [5.41, 5.74) is 11.0. The number of carbonyl (C=O) groups is 4. The van der Waals surface area contributed by atoms with E-state index in [4.69, 9.17) is 11.5 Å². The highest BCUT2D eigenvalue weighted by Crippen LogP contribution is 2.19. The molecule has 1 aliphatic heterocycles. The van der Waals surface area contributed by atoms with Gasteiger partial charge in [0, 0.05) is 12.3 Å². The molecule has 0 aromatic rings. The van der Waals surface area contributed by atoms with E-state index in [0.717, 1.165) is 0 Å². The number of carboxylic acid groups (broad SMARTS) is 1. The number of hydrogen-bond donors (Lipinski definition) is 6. The molecule has 11 heteroatoms. The third-order valence-corrected chi connectivity index (χ3v) is 5.06. The molecule has 0 aromatic carbocycles. The Morgan fingerprint density at radius 2 is 1.93 bits per heavy atom. The van der Waals surface area contributed by atoms with Crippen LogP contribution in [0.25, 0.3) is 0 Å². The quantitative estimate of drug-likeness (QED) is 0.174. The summed E-state index contributed by atoms with van der Waals surface area (Å²) >= 11 is 3.95. The number of nitrogens with two attached hydrogens (primary N) is 2. The molecule has 28 heavy (non-hydrogen) atoms. The van der Waals surface area contributed by atoms with E-state index in [1.807, 2.05) is 0 Å². The molecule has 1 heterocycles. The normalized spacial score (nSPS) is 19.6. The molecule has 1 rings (SSSR count). The summed E-state index contributed by atoms with van der Waals surface area (Å²) in [4.78, 5) is 49.9. The number of aliphatic carboxylic acids is 1. The molecule has 7 N–H and O–H groups in total. The van der Waals surface area contributed by atoms with Crippen molar-refractivity contribution in [2.75, 3.05) is 18.8 Å². The van der Waals surface area contributed by atoms with E-state index in [-0.39, 0.29) is 12.2 Å². The Kier molecular flexibility index (Phi) is 10.3. The fourth-order valence-corrected chi connectivity index (χ4v) is 3.20. The van der Waals surface area contributed by atoms with Crippen LogP contribution in [0.3, 0.4) is 0 Å². The molecule has 1 saturated heterocycles. The van der Waals surface area contributed by atoms with Crippen molar-refractivity contribution in [1.82, 2.24) is 15.5 Å². The molecule has 10 nitrogen and oxygen atoms in total. The Bertz CT molecular complexity index is 576. The number of amides is 3. The standard InChI is InChI=1S/C17H31N5O5S/c1-10(20-14(23)11(19)9-28)16(25)22-8-4-6-13(22)15(24)21-12(17(26)27)5-2-3-7-18/h10-13,28H,2-9,18-19H2,1H3,(H,20,23)(H,21,24)(H,26,27). The van der Waals surface area contributed by atoms with E-state index in [2.05, 4.69) is 23.3 Å². The molecule has 0 radical (unpaired) electrons. The summed E-state index contributed by atoms with van der Waals surface area (Å²) in [5.74, 6) is -2.39. The molecule has 0 aliphatic carbocycles. The summed E-state index contributed by atoms with van der Waals surface area (Å²) in [6, 6.07) is -3.48. The average molecular weight is 418 g/mol. The molecule has 3 amide bonds. The number of carbonyl (C=O) groups excluding carboxylic acids is 3. The molecule has 1 fully saturated rings. The van der Waals surface area contributed by atoms with Crippen LogP contribution in [0.15, 0.2) is 0 Å². The van der Waals surface area contributed by atoms with Crippen LogP contribution in [-0.4, -0.2) is 76.7 Å². The summed E-state index contributed by atoms with van der Waals surface area (Å²) in [6.07, 6.45) is 2.57. The second-order valence-electron chi connectivity index (χ2n) is 6.89. The third kappa shape index (κ3) is 6.95.